The molecule has 0 N–H and O–H groups in total. The third-order valence-corrected chi connectivity index (χ3v) is 3.95. The Balaban J connectivity index is 3.30. The first-order valence-corrected chi connectivity index (χ1v) is 4.97. The van der Waals surface area contributed by atoms with Crippen molar-refractivity contribution in [3.05, 3.63) is 10.1 Å². The van der Waals surface area contributed by atoms with Gasteiger partial charge in [0.1, 0.15) is 0 Å². The summed E-state index contributed by atoms with van der Waals surface area (Å²) >= 11 is 27.4. The molecule has 0 amide bonds. The smallest absolute Gasteiger partial charge is 0.260 e. The lowest BCUT2D eigenvalue weighted by Crippen LogP contribution is -2.55. The average Bonchev–Trinajstić information content (AvgIpc) is 2.50. The number of halogens is 5. The Morgan fingerprint density at radius 2 is 1.47 bits per heavy atom. The number of nitro groups is 1. The molecule has 0 unspecified atom stereocenters. The summed E-state index contributed by atoms with van der Waals surface area (Å²) in [6, 6.07) is 0. The van der Waals surface area contributed by atoms with E-state index in [1.807, 2.05) is 0 Å². The van der Waals surface area contributed by atoms with E-state index < -0.39 is 18.8 Å². The van der Waals surface area contributed by atoms with Crippen molar-refractivity contribution in [1.82, 2.24) is 0 Å². The van der Waals surface area contributed by atoms with E-state index in [1.54, 1.807) is 0 Å². The van der Waals surface area contributed by atoms with Gasteiger partial charge in [-0.1, -0.05) is 68.2 Å². The van der Waals surface area contributed by atoms with Gasteiger partial charge >= 0.3 is 5.79 Å². The van der Waals surface area contributed by atoms with Crippen LogP contribution < -0.4 is 0 Å². The lowest BCUT2D eigenvalue weighted by molar-refractivity contribution is -0.569. The zero-order valence-corrected chi connectivity index (χ0v) is 10.2. The fraction of sp³-hybridized carbons (Fsp3) is 1.00. The van der Waals surface area contributed by atoms with E-state index in [9.17, 15) is 10.1 Å². The molecule has 7 nitrogen and oxygen atoms in total. The molecule has 0 saturated heterocycles. The molecule has 0 aliphatic carbocycles. The lowest BCUT2D eigenvalue weighted by atomic mass is 10.2. The van der Waals surface area contributed by atoms with Crippen LogP contribution in [0.25, 0.3) is 0 Å². The Bertz CT molecular complexity index is 335. The Morgan fingerprint density at radius 3 is 1.73 bits per heavy atom. The lowest BCUT2D eigenvalue weighted by Gasteiger charge is -2.29. The summed E-state index contributed by atoms with van der Waals surface area (Å²) in [5.74, 6) is -2.65. The van der Waals surface area contributed by atoms with E-state index in [0.29, 0.717) is 0 Å². The Labute approximate surface area is 107 Å². The van der Waals surface area contributed by atoms with Crippen molar-refractivity contribution in [3.8, 4) is 0 Å². The van der Waals surface area contributed by atoms with Crippen LogP contribution in [0.15, 0.2) is 20.7 Å². The number of nitrogens with zero attached hydrogens (tertiary/aromatic N) is 5. The summed E-state index contributed by atoms with van der Waals surface area (Å²) in [5, 5.41) is 22.8. The highest BCUT2D eigenvalue weighted by molar-refractivity contribution is 6.75. The largest absolute Gasteiger partial charge is 0.485 e. The molecular formula is C3Cl5N5O2. The summed E-state index contributed by atoms with van der Waals surface area (Å²) in [6.45, 7) is 0. The molecule has 0 bridgehead atoms. The normalized spacial score (nSPS) is 19.5. The molecule has 1 heterocycles. The summed E-state index contributed by atoms with van der Waals surface area (Å²) in [4.78, 5) is 9.72. The van der Waals surface area contributed by atoms with Crippen molar-refractivity contribution in [2.45, 2.75) is 13.9 Å². The first-order chi connectivity index (χ1) is 6.65. The quantitative estimate of drug-likeness (QED) is 0.444. The number of rotatable bonds is 2. The second-order valence-corrected chi connectivity index (χ2v) is 5.95. The molecule has 1 rings (SSSR count). The molecule has 0 aromatic heterocycles. The molecule has 0 aromatic rings. The third-order valence-electron chi connectivity index (χ3n) is 1.44. The molecule has 0 fully saturated rings. The van der Waals surface area contributed by atoms with Crippen molar-refractivity contribution < 1.29 is 4.92 Å². The van der Waals surface area contributed by atoms with E-state index in [4.69, 9.17) is 58.0 Å². The molecule has 0 radical (unpaired) electrons. The van der Waals surface area contributed by atoms with Crippen LogP contribution in [0.3, 0.4) is 0 Å². The van der Waals surface area contributed by atoms with Gasteiger partial charge in [-0.25, -0.2) is 0 Å². The van der Waals surface area contributed by atoms with E-state index in [2.05, 4.69) is 20.7 Å². The van der Waals surface area contributed by atoms with Gasteiger partial charge in [0.15, 0.2) is 0 Å². The highest BCUT2D eigenvalue weighted by atomic mass is 35.6. The van der Waals surface area contributed by atoms with Crippen LogP contribution in [-0.4, -0.2) is 18.8 Å². The van der Waals surface area contributed by atoms with E-state index in [1.165, 1.54) is 0 Å². The maximum absolute atomic E-state index is 10.8. The van der Waals surface area contributed by atoms with Crippen molar-refractivity contribution in [2.24, 2.45) is 20.7 Å². The summed E-state index contributed by atoms with van der Waals surface area (Å²) in [7, 11) is 0. The molecule has 0 atom stereocenters. The second-order valence-electron chi connectivity index (χ2n) is 2.34. The fourth-order valence-electron chi connectivity index (χ4n) is 0.688. The van der Waals surface area contributed by atoms with Gasteiger partial charge in [0.25, 0.3) is 4.33 Å². The molecule has 0 spiro atoms. The van der Waals surface area contributed by atoms with E-state index in [0.717, 1.165) is 0 Å². The van der Waals surface area contributed by atoms with Crippen LogP contribution >= 0.6 is 58.0 Å². The van der Waals surface area contributed by atoms with Crippen LogP contribution in [0.2, 0.25) is 0 Å². The standard InChI is InChI=1S/C3Cl5N5O2/c4-1(5,2(6,7)8)3(13(14)15)9-11-12-10-3. The van der Waals surface area contributed by atoms with Gasteiger partial charge < -0.3 is 0 Å². The van der Waals surface area contributed by atoms with Gasteiger partial charge in [-0.3, -0.25) is 10.1 Å². The molecule has 15 heavy (non-hydrogen) atoms. The highest BCUT2D eigenvalue weighted by Crippen LogP contribution is 2.55. The van der Waals surface area contributed by atoms with Gasteiger partial charge in [-0.15, -0.1) is 0 Å². The van der Waals surface area contributed by atoms with Crippen molar-refractivity contribution >= 4 is 58.0 Å². The fourth-order valence-corrected chi connectivity index (χ4v) is 1.36. The van der Waals surface area contributed by atoms with Crippen molar-refractivity contribution in [1.29, 1.82) is 0 Å². The zero-order valence-electron chi connectivity index (χ0n) is 6.44. The monoisotopic (exact) mass is 313 g/mol. The highest BCUT2D eigenvalue weighted by Gasteiger charge is 2.73. The van der Waals surface area contributed by atoms with Crippen LogP contribution in [0.4, 0.5) is 0 Å². The van der Waals surface area contributed by atoms with Crippen LogP contribution in [-0.2, 0) is 0 Å². The minimum atomic E-state index is -2.65. The van der Waals surface area contributed by atoms with Gasteiger partial charge in [0.2, 0.25) is 3.79 Å². The third kappa shape index (κ3) is 1.87. The minimum absolute atomic E-state index is 1.05. The molecular weight excluding hydrogens is 315 g/mol. The van der Waals surface area contributed by atoms with Crippen LogP contribution in [0.1, 0.15) is 0 Å². The van der Waals surface area contributed by atoms with Gasteiger partial charge in [0, 0.05) is 0 Å². The first kappa shape index (κ1) is 13.1. The van der Waals surface area contributed by atoms with Gasteiger partial charge in [-0.2, -0.15) is 0 Å². The average molecular weight is 315 g/mol. The number of alkyl halides is 5. The summed E-state index contributed by atoms with van der Waals surface area (Å²) in [6.07, 6.45) is 0. The van der Waals surface area contributed by atoms with Crippen LogP contribution in [0.5, 0.6) is 0 Å². The molecule has 1 aliphatic heterocycles. The topological polar surface area (TPSA) is 92.6 Å². The first-order valence-electron chi connectivity index (χ1n) is 3.08. The Morgan fingerprint density at radius 1 is 1.07 bits per heavy atom. The molecule has 0 aromatic carbocycles. The zero-order chi connectivity index (χ0) is 11.9. The van der Waals surface area contributed by atoms with Crippen LogP contribution in [0, 0.1) is 10.1 Å². The Hall–Kier alpha value is 0.0500. The summed E-state index contributed by atoms with van der Waals surface area (Å²) < 4.78 is -4.94. The maximum atomic E-state index is 10.8. The van der Waals surface area contributed by atoms with E-state index >= 15 is 0 Å². The number of hydrogen-bond donors (Lipinski definition) is 0. The molecule has 12 heteroatoms. The predicted octanol–water partition coefficient (Wildman–Crippen LogP) is 3.29. The Kier molecular flexibility index (Phi) is 3.33. The van der Waals surface area contributed by atoms with Crippen molar-refractivity contribution in [3.63, 3.8) is 0 Å². The minimum Gasteiger partial charge on any atom is -0.260 e. The summed E-state index contributed by atoms with van der Waals surface area (Å²) in [5.41, 5.74) is 0. The predicted molar refractivity (Wildman–Crippen MR) is 54.2 cm³/mol. The maximum Gasteiger partial charge on any atom is 0.485 e. The molecule has 84 valence electrons. The van der Waals surface area contributed by atoms with Gasteiger partial charge in [0.05, 0.1) is 4.92 Å². The van der Waals surface area contributed by atoms with E-state index in [-0.39, 0.29) is 0 Å². The van der Waals surface area contributed by atoms with Crippen molar-refractivity contribution in [2.75, 3.05) is 0 Å². The molecule has 0 saturated carbocycles. The van der Waals surface area contributed by atoms with Gasteiger partial charge in [-0.05, 0) is 10.4 Å². The molecule has 1 aliphatic rings. The SMILES string of the molecule is O=[N+]([O-])C1(C(Cl)(Cl)C(Cl)(Cl)Cl)N=NN=N1. The number of hydrogen-bond acceptors (Lipinski definition) is 6. The second kappa shape index (κ2) is 3.81.